The van der Waals surface area contributed by atoms with E-state index in [4.69, 9.17) is 4.42 Å². The number of imidazole rings is 1. The van der Waals surface area contributed by atoms with E-state index in [2.05, 4.69) is 16.0 Å². The van der Waals surface area contributed by atoms with Gasteiger partial charge in [0, 0.05) is 11.8 Å². The number of carbonyl (C=O) groups excluding carboxylic acids is 1. The van der Waals surface area contributed by atoms with Crippen LogP contribution in [0.5, 0.6) is 0 Å². The van der Waals surface area contributed by atoms with Gasteiger partial charge in [-0.3, -0.25) is 4.79 Å². The molecule has 1 aliphatic carbocycles. The maximum atomic E-state index is 12.6. The fraction of sp³-hybridized carbons (Fsp3) is 0.235. The number of Topliss-reactive ketones (excluding diaryl/α,β-unsaturated/α-hetero) is 1. The van der Waals surface area contributed by atoms with Gasteiger partial charge in [0.25, 0.3) is 0 Å². The molecule has 1 fully saturated rings. The van der Waals surface area contributed by atoms with Crippen LogP contribution in [-0.2, 0) is 4.79 Å². The van der Waals surface area contributed by atoms with Crippen LogP contribution in [-0.4, -0.2) is 15.8 Å². The number of para-hydroxylation sites is 2. The number of ketones is 1. The summed E-state index contributed by atoms with van der Waals surface area (Å²) in [6.07, 6.45) is 2.35. The van der Waals surface area contributed by atoms with Crippen LogP contribution in [0.3, 0.4) is 0 Å². The highest BCUT2D eigenvalue weighted by Gasteiger charge is 2.48. The molecule has 22 heavy (non-hydrogen) atoms. The number of aromatic amines is 1. The Labute approximate surface area is 126 Å². The van der Waals surface area contributed by atoms with Crippen LogP contribution in [0.2, 0.25) is 0 Å². The molecule has 5 heteroatoms. The highest BCUT2D eigenvalue weighted by atomic mass is 16.3. The van der Waals surface area contributed by atoms with Gasteiger partial charge in [-0.1, -0.05) is 12.1 Å². The molecule has 0 radical (unpaired) electrons. The van der Waals surface area contributed by atoms with E-state index in [1.165, 1.54) is 0 Å². The molecule has 1 saturated carbocycles. The second-order valence-electron chi connectivity index (χ2n) is 5.57. The zero-order valence-electron chi connectivity index (χ0n) is 11.7. The molecule has 0 aliphatic heterocycles. The van der Waals surface area contributed by atoms with Crippen molar-refractivity contribution in [2.45, 2.75) is 18.3 Å². The fourth-order valence-corrected chi connectivity index (χ4v) is 2.91. The number of aromatic nitrogens is 2. The number of hydrogen-bond acceptors (Lipinski definition) is 4. The van der Waals surface area contributed by atoms with Gasteiger partial charge in [0.2, 0.25) is 0 Å². The first kappa shape index (κ1) is 12.8. The van der Waals surface area contributed by atoms with E-state index in [-0.39, 0.29) is 17.6 Å². The van der Waals surface area contributed by atoms with Gasteiger partial charge in [0.05, 0.1) is 23.4 Å². The van der Waals surface area contributed by atoms with Crippen molar-refractivity contribution >= 4 is 16.8 Å². The van der Waals surface area contributed by atoms with E-state index >= 15 is 0 Å². The highest BCUT2D eigenvalue weighted by molar-refractivity contribution is 5.93. The van der Waals surface area contributed by atoms with Gasteiger partial charge in [-0.2, -0.15) is 5.26 Å². The molecule has 1 aliphatic rings. The summed E-state index contributed by atoms with van der Waals surface area (Å²) in [6, 6.07) is 13.3. The molecule has 0 amide bonds. The highest BCUT2D eigenvalue weighted by Crippen LogP contribution is 2.50. The largest absolute Gasteiger partial charge is 0.469 e. The van der Waals surface area contributed by atoms with Crippen LogP contribution in [0.4, 0.5) is 0 Å². The van der Waals surface area contributed by atoms with Crippen molar-refractivity contribution in [3.8, 4) is 6.07 Å². The molecule has 3 aromatic rings. The predicted molar refractivity (Wildman–Crippen MR) is 79.0 cm³/mol. The second kappa shape index (κ2) is 4.85. The zero-order chi connectivity index (χ0) is 15.1. The Balaban J connectivity index is 1.60. The van der Waals surface area contributed by atoms with E-state index in [0.29, 0.717) is 5.82 Å². The minimum atomic E-state index is -0.850. The van der Waals surface area contributed by atoms with Gasteiger partial charge in [-0.25, -0.2) is 4.98 Å². The first-order valence-electron chi connectivity index (χ1n) is 7.19. The quantitative estimate of drug-likeness (QED) is 0.800. The summed E-state index contributed by atoms with van der Waals surface area (Å²) in [5.41, 5.74) is 1.60. The predicted octanol–water partition coefficient (Wildman–Crippen LogP) is 3.14. The average Bonchev–Trinajstić information content (AvgIpc) is 2.97. The van der Waals surface area contributed by atoms with Crippen molar-refractivity contribution in [3.63, 3.8) is 0 Å². The van der Waals surface area contributed by atoms with Crippen LogP contribution >= 0.6 is 0 Å². The lowest BCUT2D eigenvalue weighted by Gasteiger charge is -2.04. The lowest BCUT2D eigenvalue weighted by molar-refractivity contribution is -0.120. The van der Waals surface area contributed by atoms with Gasteiger partial charge in [0.15, 0.2) is 11.7 Å². The molecule has 0 saturated heterocycles. The minimum absolute atomic E-state index is 0.0806. The summed E-state index contributed by atoms with van der Waals surface area (Å²) in [4.78, 5) is 20.1. The number of hydrogen-bond donors (Lipinski definition) is 1. The zero-order valence-corrected chi connectivity index (χ0v) is 11.7. The molecular weight excluding hydrogens is 278 g/mol. The van der Waals surface area contributed by atoms with Crippen molar-refractivity contribution in [1.82, 2.24) is 9.97 Å². The van der Waals surface area contributed by atoms with Gasteiger partial charge >= 0.3 is 0 Å². The van der Waals surface area contributed by atoms with Crippen LogP contribution in [0.25, 0.3) is 11.0 Å². The maximum absolute atomic E-state index is 12.6. The number of furan rings is 1. The first-order valence-corrected chi connectivity index (χ1v) is 7.19. The molecule has 1 N–H and O–H groups in total. The number of nitrogens with one attached hydrogen (secondary N) is 1. The molecule has 108 valence electrons. The Hall–Kier alpha value is -2.87. The van der Waals surface area contributed by atoms with Gasteiger partial charge in [0.1, 0.15) is 11.6 Å². The molecule has 0 spiro atoms. The van der Waals surface area contributed by atoms with E-state index in [1.807, 2.05) is 36.4 Å². The maximum Gasteiger partial charge on any atom is 0.162 e. The number of fused-ring (bicyclic) bond motifs is 1. The molecule has 3 atom stereocenters. The molecule has 5 nitrogen and oxygen atoms in total. The third-order valence-electron chi connectivity index (χ3n) is 4.16. The van der Waals surface area contributed by atoms with E-state index < -0.39 is 5.92 Å². The number of carbonyl (C=O) groups is 1. The van der Waals surface area contributed by atoms with Gasteiger partial charge < -0.3 is 9.40 Å². The third kappa shape index (κ3) is 2.01. The van der Waals surface area contributed by atoms with E-state index in [1.54, 1.807) is 6.26 Å². The van der Waals surface area contributed by atoms with Gasteiger partial charge in [-0.05, 0) is 30.7 Å². The monoisotopic (exact) mass is 291 g/mol. The number of nitrogens with zero attached hydrogens (tertiary/aromatic N) is 2. The second-order valence-corrected chi connectivity index (χ2v) is 5.57. The summed E-state index contributed by atoms with van der Waals surface area (Å²) >= 11 is 0. The van der Waals surface area contributed by atoms with E-state index in [0.717, 1.165) is 23.2 Å². The Kier molecular flexibility index (Phi) is 2.83. The Morgan fingerprint density at radius 3 is 2.95 bits per heavy atom. The number of nitriles is 1. The minimum Gasteiger partial charge on any atom is -0.469 e. The van der Waals surface area contributed by atoms with Crippen LogP contribution in [0, 0.1) is 17.2 Å². The van der Waals surface area contributed by atoms with Crippen molar-refractivity contribution in [3.05, 3.63) is 54.2 Å². The number of rotatable bonds is 4. The molecular formula is C17H13N3O2. The Bertz CT molecular complexity index is 840. The standard InChI is InChI=1S/C17H13N3O2/c18-9-12(17-19-13-4-1-2-5-14(13)20-17)16(21)11-8-10(11)15-6-3-7-22-15/h1-7,10-12H,8H2,(H,19,20)/t10-,11-,12+/m0/s1. The van der Waals surface area contributed by atoms with Crippen LogP contribution in [0.15, 0.2) is 47.1 Å². The molecule has 2 heterocycles. The summed E-state index contributed by atoms with van der Waals surface area (Å²) < 4.78 is 5.35. The molecule has 4 rings (SSSR count). The Morgan fingerprint density at radius 2 is 2.23 bits per heavy atom. The van der Waals surface area contributed by atoms with Crippen molar-refractivity contribution < 1.29 is 9.21 Å². The molecule has 0 unspecified atom stereocenters. The topological polar surface area (TPSA) is 82.7 Å². The summed E-state index contributed by atoms with van der Waals surface area (Å²) in [7, 11) is 0. The number of H-pyrrole nitrogens is 1. The normalized spacial score (nSPS) is 21.4. The summed E-state index contributed by atoms with van der Waals surface area (Å²) in [5, 5.41) is 9.41. The first-order chi connectivity index (χ1) is 10.8. The molecule has 0 bridgehead atoms. The van der Waals surface area contributed by atoms with Crippen LogP contribution < -0.4 is 0 Å². The van der Waals surface area contributed by atoms with Crippen molar-refractivity contribution in [1.29, 1.82) is 5.26 Å². The SMILES string of the molecule is N#C[C@H](C(=O)[C@H]1C[C@@H]1c1ccco1)c1nc2ccccc2[nH]1. The Morgan fingerprint density at radius 1 is 1.36 bits per heavy atom. The lowest BCUT2D eigenvalue weighted by Crippen LogP contribution is -2.15. The lowest BCUT2D eigenvalue weighted by atomic mass is 10.00. The molecule has 1 aromatic carbocycles. The van der Waals surface area contributed by atoms with Gasteiger partial charge in [-0.15, -0.1) is 0 Å². The van der Waals surface area contributed by atoms with E-state index in [9.17, 15) is 10.1 Å². The molecule has 2 aromatic heterocycles. The van der Waals surface area contributed by atoms with Crippen molar-refractivity contribution in [2.24, 2.45) is 5.92 Å². The fourth-order valence-electron chi connectivity index (χ4n) is 2.91. The third-order valence-corrected chi connectivity index (χ3v) is 4.16. The van der Waals surface area contributed by atoms with Crippen molar-refractivity contribution in [2.75, 3.05) is 0 Å². The number of benzene rings is 1. The summed E-state index contributed by atoms with van der Waals surface area (Å²) in [6.45, 7) is 0. The average molecular weight is 291 g/mol. The van der Waals surface area contributed by atoms with Crippen LogP contribution in [0.1, 0.15) is 29.8 Å². The summed E-state index contributed by atoms with van der Waals surface area (Å²) in [5.74, 6) is 0.269. The smallest absolute Gasteiger partial charge is 0.162 e.